The third-order valence-electron chi connectivity index (χ3n) is 4.67. The molecule has 0 N–H and O–H groups in total. The molecule has 0 aliphatic rings. The Morgan fingerprint density at radius 3 is 2.41 bits per heavy atom. The number of hydrogen-bond donors (Lipinski definition) is 0. The summed E-state index contributed by atoms with van der Waals surface area (Å²) in [5.41, 5.74) is 14.1. The minimum Gasteiger partial charge on any atom is -0.191 e. The van der Waals surface area contributed by atoms with Gasteiger partial charge in [-0.25, -0.2) is 0 Å². The van der Waals surface area contributed by atoms with Gasteiger partial charge in [0.15, 0.2) is 12.2 Å². The van der Waals surface area contributed by atoms with Crippen LogP contribution in [0.25, 0.3) is 21.3 Å². The molecule has 4 nitrogen and oxygen atoms in total. The van der Waals surface area contributed by atoms with Crippen LogP contribution in [-0.4, -0.2) is 0 Å². The molecule has 0 aliphatic heterocycles. The molecule has 27 heavy (non-hydrogen) atoms. The number of nitrogens with zero attached hydrogens (tertiary/aromatic N) is 4. The minimum absolute atomic E-state index is 0.644. The van der Waals surface area contributed by atoms with E-state index in [9.17, 15) is 0 Å². The zero-order chi connectivity index (χ0) is 18.5. The summed E-state index contributed by atoms with van der Waals surface area (Å²) >= 11 is 0. The van der Waals surface area contributed by atoms with Crippen LogP contribution < -0.4 is 4.57 Å². The lowest BCUT2D eigenvalue weighted by atomic mass is 10.1. The Kier molecular flexibility index (Phi) is 4.82. The van der Waals surface area contributed by atoms with Crippen LogP contribution in [0.2, 0.25) is 0 Å². The molecular weight excluding hydrogens is 332 g/mol. The molecule has 130 valence electrons. The van der Waals surface area contributed by atoms with Crippen molar-refractivity contribution in [2.24, 2.45) is 5.11 Å². The smallest absolute Gasteiger partial charge is 0.191 e. The molecule has 0 aliphatic carbocycles. The molecule has 0 saturated heterocycles. The summed E-state index contributed by atoms with van der Waals surface area (Å²) in [5.74, 6) is 0. The molecule has 3 aromatic carbocycles. The SMILES string of the molecule is [N-]=[N+]=Nc1cccc(Cc2ccc3ccccc3[n+]2Cc2ccccc2)c1. The fourth-order valence-electron chi connectivity index (χ4n) is 3.40. The molecule has 1 aromatic heterocycles. The summed E-state index contributed by atoms with van der Waals surface area (Å²) in [6.07, 6.45) is 0.770. The third kappa shape index (κ3) is 3.81. The average molecular weight is 351 g/mol. The highest BCUT2D eigenvalue weighted by Crippen LogP contribution is 2.18. The lowest BCUT2D eigenvalue weighted by Gasteiger charge is -2.08. The van der Waals surface area contributed by atoms with Crippen molar-refractivity contribution in [3.05, 3.63) is 118 Å². The molecule has 4 aromatic rings. The quantitative estimate of drug-likeness (QED) is 0.191. The number of azide groups is 1. The maximum atomic E-state index is 8.68. The van der Waals surface area contributed by atoms with Crippen molar-refractivity contribution >= 4 is 16.6 Å². The van der Waals surface area contributed by atoms with Crippen LogP contribution in [0, 0.1) is 0 Å². The van der Waals surface area contributed by atoms with E-state index in [0.717, 1.165) is 18.5 Å². The molecule has 0 atom stereocenters. The molecule has 4 rings (SSSR count). The second-order valence-electron chi connectivity index (χ2n) is 6.49. The molecular formula is C23H19N4+. The summed E-state index contributed by atoms with van der Waals surface area (Å²) in [4.78, 5) is 2.89. The van der Waals surface area contributed by atoms with Gasteiger partial charge in [0.1, 0.15) is 0 Å². The normalized spacial score (nSPS) is 10.5. The monoisotopic (exact) mass is 351 g/mol. The number of rotatable bonds is 5. The standard InChI is InChI=1S/C23H19N4/c24-26-25-21-11-6-9-19(15-21)16-22-14-13-20-10-4-5-12-23(20)27(22)17-18-7-2-1-3-8-18/h1-15H,16-17H2/q+1. The summed E-state index contributed by atoms with van der Waals surface area (Å²) in [6.45, 7) is 0.813. The van der Waals surface area contributed by atoms with Crippen molar-refractivity contribution in [2.75, 3.05) is 0 Å². The van der Waals surface area contributed by atoms with E-state index >= 15 is 0 Å². The van der Waals surface area contributed by atoms with Crippen LogP contribution in [-0.2, 0) is 13.0 Å². The molecule has 0 spiro atoms. The van der Waals surface area contributed by atoms with Gasteiger partial charge in [0, 0.05) is 33.7 Å². The van der Waals surface area contributed by atoms with Crippen molar-refractivity contribution in [1.29, 1.82) is 0 Å². The highest BCUT2D eigenvalue weighted by atomic mass is 15.1. The van der Waals surface area contributed by atoms with Crippen molar-refractivity contribution in [3.8, 4) is 0 Å². The minimum atomic E-state index is 0.644. The van der Waals surface area contributed by atoms with E-state index in [-0.39, 0.29) is 0 Å². The Bertz CT molecular complexity index is 1130. The van der Waals surface area contributed by atoms with Gasteiger partial charge in [0.25, 0.3) is 0 Å². The fourth-order valence-corrected chi connectivity index (χ4v) is 3.40. The van der Waals surface area contributed by atoms with Crippen LogP contribution in [0.3, 0.4) is 0 Å². The summed E-state index contributed by atoms with van der Waals surface area (Å²) in [5, 5.41) is 4.95. The van der Waals surface area contributed by atoms with E-state index in [4.69, 9.17) is 5.53 Å². The van der Waals surface area contributed by atoms with Gasteiger partial charge < -0.3 is 0 Å². The third-order valence-corrected chi connectivity index (χ3v) is 4.67. The fraction of sp³-hybridized carbons (Fsp3) is 0.0870. The maximum absolute atomic E-state index is 8.68. The number of hydrogen-bond acceptors (Lipinski definition) is 1. The Morgan fingerprint density at radius 1 is 0.778 bits per heavy atom. The number of para-hydroxylation sites is 1. The molecule has 0 fully saturated rings. The number of aromatic nitrogens is 1. The van der Waals surface area contributed by atoms with Gasteiger partial charge >= 0.3 is 0 Å². The van der Waals surface area contributed by atoms with Gasteiger partial charge in [-0.2, -0.15) is 4.57 Å². The zero-order valence-electron chi connectivity index (χ0n) is 14.9. The van der Waals surface area contributed by atoms with Crippen molar-refractivity contribution in [2.45, 2.75) is 13.0 Å². The Balaban J connectivity index is 1.79. The van der Waals surface area contributed by atoms with Gasteiger partial charge in [0.05, 0.1) is 6.42 Å². The Hall–Kier alpha value is -3.62. The Morgan fingerprint density at radius 2 is 1.56 bits per heavy atom. The van der Waals surface area contributed by atoms with Gasteiger partial charge in [-0.15, -0.1) is 0 Å². The first kappa shape index (κ1) is 16.8. The molecule has 4 heteroatoms. The molecule has 0 saturated carbocycles. The number of benzene rings is 3. The van der Waals surface area contributed by atoms with E-state index < -0.39 is 0 Å². The van der Waals surface area contributed by atoms with Crippen LogP contribution in [0.5, 0.6) is 0 Å². The molecule has 0 unspecified atom stereocenters. The molecule has 0 bridgehead atoms. The van der Waals surface area contributed by atoms with E-state index in [1.165, 1.54) is 22.2 Å². The highest BCUT2D eigenvalue weighted by Gasteiger charge is 2.16. The topological polar surface area (TPSA) is 52.6 Å². The predicted molar refractivity (Wildman–Crippen MR) is 108 cm³/mol. The second kappa shape index (κ2) is 7.73. The molecule has 0 amide bonds. The maximum Gasteiger partial charge on any atom is 0.212 e. The largest absolute Gasteiger partial charge is 0.212 e. The van der Waals surface area contributed by atoms with Crippen molar-refractivity contribution in [1.82, 2.24) is 0 Å². The van der Waals surface area contributed by atoms with E-state index in [1.807, 2.05) is 24.3 Å². The van der Waals surface area contributed by atoms with Crippen LogP contribution in [0.4, 0.5) is 5.69 Å². The van der Waals surface area contributed by atoms with Crippen LogP contribution in [0.1, 0.15) is 16.8 Å². The summed E-state index contributed by atoms with van der Waals surface area (Å²) in [6, 6.07) is 31.1. The van der Waals surface area contributed by atoms with E-state index in [0.29, 0.717) is 5.69 Å². The number of fused-ring (bicyclic) bond motifs is 1. The van der Waals surface area contributed by atoms with Crippen molar-refractivity contribution in [3.63, 3.8) is 0 Å². The molecule has 1 heterocycles. The van der Waals surface area contributed by atoms with Crippen LogP contribution >= 0.6 is 0 Å². The summed E-state index contributed by atoms with van der Waals surface area (Å²) < 4.78 is 2.37. The van der Waals surface area contributed by atoms with Gasteiger partial charge in [-0.3, -0.25) is 0 Å². The van der Waals surface area contributed by atoms with Gasteiger partial charge in [-0.1, -0.05) is 65.8 Å². The highest BCUT2D eigenvalue weighted by molar-refractivity contribution is 5.75. The zero-order valence-corrected chi connectivity index (χ0v) is 14.9. The average Bonchev–Trinajstić information content (AvgIpc) is 2.71. The van der Waals surface area contributed by atoms with Crippen molar-refractivity contribution < 1.29 is 4.57 Å². The number of pyridine rings is 1. The first-order valence-electron chi connectivity index (χ1n) is 8.92. The lowest BCUT2D eigenvalue weighted by Crippen LogP contribution is -2.40. The lowest BCUT2D eigenvalue weighted by molar-refractivity contribution is -0.669. The van der Waals surface area contributed by atoms with E-state index in [1.54, 1.807) is 0 Å². The molecule has 0 radical (unpaired) electrons. The summed E-state index contributed by atoms with van der Waals surface area (Å²) in [7, 11) is 0. The van der Waals surface area contributed by atoms with Gasteiger partial charge in [0.2, 0.25) is 5.52 Å². The van der Waals surface area contributed by atoms with E-state index in [2.05, 4.69) is 81.3 Å². The Labute approximate surface area is 158 Å². The van der Waals surface area contributed by atoms with Gasteiger partial charge in [-0.05, 0) is 29.3 Å². The first-order valence-corrected chi connectivity index (χ1v) is 8.92. The second-order valence-corrected chi connectivity index (χ2v) is 6.49. The predicted octanol–water partition coefficient (Wildman–Crippen LogP) is 5.71. The van der Waals surface area contributed by atoms with Crippen LogP contribution in [0.15, 0.2) is 96.1 Å². The first-order chi connectivity index (χ1) is 13.3.